The van der Waals surface area contributed by atoms with E-state index in [1.807, 2.05) is 6.92 Å². The molecule has 0 saturated heterocycles. The molecule has 2 rings (SSSR count). The lowest BCUT2D eigenvalue weighted by Crippen LogP contribution is -2.58. The Kier molecular flexibility index (Phi) is 6.24. The van der Waals surface area contributed by atoms with Crippen LogP contribution in [-0.2, 0) is 19.1 Å². The first kappa shape index (κ1) is 21.0. The molecule has 4 atom stereocenters. The van der Waals surface area contributed by atoms with Gasteiger partial charge in [-0.2, -0.15) is 0 Å². The number of esters is 1. The summed E-state index contributed by atoms with van der Waals surface area (Å²) in [7, 11) is 1.40. The number of fused-ring (bicyclic) bond motifs is 1. The maximum absolute atomic E-state index is 11.5. The highest BCUT2D eigenvalue weighted by Crippen LogP contribution is 2.63. The summed E-state index contributed by atoms with van der Waals surface area (Å²) in [6.45, 7) is 11.9. The Balaban J connectivity index is 2.29. The quantitative estimate of drug-likeness (QED) is 0.375. The Labute approximate surface area is 158 Å². The number of hydrogen-bond donors (Lipinski definition) is 0. The largest absolute Gasteiger partial charge is 0.466 e. The van der Waals surface area contributed by atoms with Crippen molar-refractivity contribution in [2.75, 3.05) is 7.11 Å². The Bertz CT molecular complexity index is 564. The van der Waals surface area contributed by atoms with E-state index in [0.29, 0.717) is 23.7 Å². The lowest BCUT2D eigenvalue weighted by atomic mass is 9.45. The van der Waals surface area contributed by atoms with Crippen LogP contribution in [0.5, 0.6) is 0 Å². The van der Waals surface area contributed by atoms with Gasteiger partial charge >= 0.3 is 5.97 Å². The molecule has 26 heavy (non-hydrogen) atoms. The first-order valence-electron chi connectivity index (χ1n) is 9.95. The van der Waals surface area contributed by atoms with Gasteiger partial charge in [0.25, 0.3) is 6.47 Å². The third kappa shape index (κ3) is 3.99. The van der Waals surface area contributed by atoms with Crippen molar-refractivity contribution in [2.24, 2.45) is 22.7 Å². The lowest BCUT2D eigenvalue weighted by molar-refractivity contribution is -0.190. The summed E-state index contributed by atoms with van der Waals surface area (Å²) >= 11 is 0. The first-order chi connectivity index (χ1) is 12.1. The molecule has 148 valence electrons. The molecule has 0 aromatic carbocycles. The maximum Gasteiger partial charge on any atom is 0.330 e. The summed E-state index contributed by atoms with van der Waals surface area (Å²) in [6.07, 6.45) is 9.03. The SMILES string of the molecule is COC(=O)C=C(C)CC[C@@H]1[C@@]2(C)CCCC(C)(C)[C@H]2CC[C@@]1(C)OC=O. The van der Waals surface area contributed by atoms with Crippen LogP contribution < -0.4 is 0 Å². The number of rotatable bonds is 6. The van der Waals surface area contributed by atoms with Gasteiger partial charge in [0, 0.05) is 12.0 Å². The van der Waals surface area contributed by atoms with E-state index in [1.165, 1.54) is 26.4 Å². The molecule has 0 aromatic rings. The Morgan fingerprint density at radius 3 is 2.46 bits per heavy atom. The van der Waals surface area contributed by atoms with Gasteiger partial charge in [0.05, 0.1) is 7.11 Å². The number of carbonyl (C=O) groups excluding carboxylic acids is 2. The Hall–Kier alpha value is -1.32. The molecule has 0 amide bonds. The van der Waals surface area contributed by atoms with Crippen molar-refractivity contribution in [1.82, 2.24) is 0 Å². The molecule has 4 nitrogen and oxygen atoms in total. The van der Waals surface area contributed by atoms with E-state index in [0.717, 1.165) is 31.3 Å². The van der Waals surface area contributed by atoms with Crippen molar-refractivity contribution in [3.63, 3.8) is 0 Å². The van der Waals surface area contributed by atoms with Gasteiger partial charge in [-0.25, -0.2) is 4.79 Å². The molecule has 0 unspecified atom stereocenters. The fourth-order valence-corrected chi connectivity index (χ4v) is 6.20. The molecular weight excluding hydrogens is 328 g/mol. The van der Waals surface area contributed by atoms with Crippen LogP contribution >= 0.6 is 0 Å². The van der Waals surface area contributed by atoms with Crippen LogP contribution in [0.25, 0.3) is 0 Å². The van der Waals surface area contributed by atoms with Gasteiger partial charge in [-0.3, -0.25) is 4.79 Å². The maximum atomic E-state index is 11.5. The average Bonchev–Trinajstić information content (AvgIpc) is 2.53. The van der Waals surface area contributed by atoms with Gasteiger partial charge in [0.2, 0.25) is 0 Å². The summed E-state index contributed by atoms with van der Waals surface area (Å²) in [5, 5.41) is 0. The Morgan fingerprint density at radius 2 is 1.85 bits per heavy atom. The molecule has 2 fully saturated rings. The van der Waals surface area contributed by atoms with E-state index in [9.17, 15) is 9.59 Å². The monoisotopic (exact) mass is 364 g/mol. The second-order valence-electron chi connectivity index (χ2n) is 9.57. The normalized spacial score (nSPS) is 36.8. The number of hydrogen-bond acceptors (Lipinski definition) is 4. The third-order valence-electron chi connectivity index (χ3n) is 7.45. The van der Waals surface area contributed by atoms with Crippen molar-refractivity contribution < 1.29 is 19.1 Å². The van der Waals surface area contributed by atoms with Gasteiger partial charge in [0.1, 0.15) is 5.60 Å². The fourth-order valence-electron chi connectivity index (χ4n) is 6.20. The zero-order valence-electron chi connectivity index (χ0n) is 17.4. The zero-order valence-corrected chi connectivity index (χ0v) is 17.4. The van der Waals surface area contributed by atoms with Crippen molar-refractivity contribution in [3.8, 4) is 0 Å². The molecule has 2 aliphatic rings. The van der Waals surface area contributed by atoms with E-state index in [1.54, 1.807) is 6.08 Å². The van der Waals surface area contributed by atoms with Crippen LogP contribution in [0.1, 0.15) is 79.6 Å². The fraction of sp³-hybridized carbons (Fsp3) is 0.818. The van der Waals surface area contributed by atoms with Crippen LogP contribution in [-0.4, -0.2) is 25.2 Å². The molecule has 0 N–H and O–H groups in total. The number of methoxy groups -OCH3 is 1. The van der Waals surface area contributed by atoms with Crippen molar-refractivity contribution in [2.45, 2.75) is 85.2 Å². The molecule has 0 aliphatic heterocycles. The summed E-state index contributed by atoms with van der Waals surface area (Å²) in [4.78, 5) is 22.8. The third-order valence-corrected chi connectivity index (χ3v) is 7.45. The van der Waals surface area contributed by atoms with Gasteiger partial charge in [-0.1, -0.05) is 32.8 Å². The molecule has 2 aliphatic carbocycles. The minimum atomic E-state index is -0.425. The standard InChI is InChI=1S/C22H36O4/c1-16(14-19(24)25-6)8-9-18-21(4)12-7-11-20(2,3)17(21)10-13-22(18,5)26-15-23/h14-15,17-18H,7-13H2,1-6H3/t17-,18-,21+,22-/m1/s1. The van der Waals surface area contributed by atoms with E-state index in [2.05, 4.69) is 27.7 Å². The number of carbonyl (C=O) groups is 2. The van der Waals surface area contributed by atoms with E-state index in [-0.39, 0.29) is 11.4 Å². The van der Waals surface area contributed by atoms with Crippen LogP contribution in [0.4, 0.5) is 0 Å². The first-order valence-corrected chi connectivity index (χ1v) is 9.95. The summed E-state index contributed by atoms with van der Waals surface area (Å²) in [5.74, 6) is 0.627. The number of ether oxygens (including phenoxy) is 2. The molecule has 0 heterocycles. The van der Waals surface area contributed by atoms with Gasteiger partial charge in [-0.15, -0.1) is 0 Å². The second-order valence-corrected chi connectivity index (χ2v) is 9.57. The van der Waals surface area contributed by atoms with Crippen molar-refractivity contribution >= 4 is 12.4 Å². The number of allylic oxidation sites excluding steroid dienone is 1. The van der Waals surface area contributed by atoms with Gasteiger partial charge in [0.15, 0.2) is 0 Å². The average molecular weight is 365 g/mol. The molecule has 4 heteroatoms. The van der Waals surface area contributed by atoms with E-state index in [4.69, 9.17) is 9.47 Å². The zero-order chi connectivity index (χ0) is 19.6. The van der Waals surface area contributed by atoms with Gasteiger partial charge < -0.3 is 9.47 Å². The lowest BCUT2D eigenvalue weighted by Gasteiger charge is -2.61. The molecule has 0 radical (unpaired) electrons. The topological polar surface area (TPSA) is 52.6 Å². The van der Waals surface area contributed by atoms with Crippen LogP contribution in [0, 0.1) is 22.7 Å². The smallest absolute Gasteiger partial charge is 0.330 e. The minimum Gasteiger partial charge on any atom is -0.466 e. The van der Waals surface area contributed by atoms with Crippen LogP contribution in [0.3, 0.4) is 0 Å². The van der Waals surface area contributed by atoms with Gasteiger partial charge in [-0.05, 0) is 69.1 Å². The highest BCUT2D eigenvalue weighted by Gasteiger charge is 2.58. The molecule has 0 aromatic heterocycles. The Morgan fingerprint density at radius 1 is 1.15 bits per heavy atom. The molecular formula is C22H36O4. The molecule has 2 saturated carbocycles. The second kappa shape index (κ2) is 7.74. The highest BCUT2D eigenvalue weighted by molar-refractivity contribution is 5.82. The summed E-state index contributed by atoms with van der Waals surface area (Å²) < 4.78 is 10.4. The van der Waals surface area contributed by atoms with E-state index < -0.39 is 5.60 Å². The van der Waals surface area contributed by atoms with Crippen LogP contribution in [0.2, 0.25) is 0 Å². The highest BCUT2D eigenvalue weighted by atomic mass is 16.5. The van der Waals surface area contributed by atoms with Crippen molar-refractivity contribution in [3.05, 3.63) is 11.6 Å². The van der Waals surface area contributed by atoms with E-state index >= 15 is 0 Å². The summed E-state index contributed by atoms with van der Waals surface area (Å²) in [6, 6.07) is 0. The van der Waals surface area contributed by atoms with Crippen LogP contribution in [0.15, 0.2) is 11.6 Å². The summed E-state index contributed by atoms with van der Waals surface area (Å²) in [5.41, 5.74) is 1.08. The van der Waals surface area contributed by atoms with Crippen molar-refractivity contribution in [1.29, 1.82) is 0 Å². The minimum absolute atomic E-state index is 0.156. The predicted molar refractivity (Wildman–Crippen MR) is 103 cm³/mol. The molecule has 0 bridgehead atoms. The molecule has 0 spiro atoms. The predicted octanol–water partition coefficient (Wildman–Crippen LogP) is 5.06.